The number of carbonyl (C=O) groups is 2. The first-order valence-corrected chi connectivity index (χ1v) is 8.01. The van der Waals surface area contributed by atoms with Crippen molar-refractivity contribution in [3.05, 3.63) is 30.1 Å². The summed E-state index contributed by atoms with van der Waals surface area (Å²) < 4.78 is 7.21. The summed E-state index contributed by atoms with van der Waals surface area (Å²) in [5.74, 6) is 0.0132. The van der Waals surface area contributed by atoms with Crippen molar-refractivity contribution < 1.29 is 14.3 Å². The standard InChI is InChI=1S/C17H22N4O3/c1-12-4-5-14-15(8-12)21(11-18-14)10-16(22)20-7-6-13(9-20)24-17(23)19(2)3/h4-5,8,11,13H,6-7,9-10H2,1-3H3. The Morgan fingerprint density at radius 2 is 2.17 bits per heavy atom. The molecule has 128 valence electrons. The molecule has 0 spiro atoms. The number of amides is 2. The molecule has 1 aliphatic rings. The third kappa shape index (κ3) is 3.34. The Morgan fingerprint density at radius 3 is 2.92 bits per heavy atom. The Bertz CT molecular complexity index is 768. The summed E-state index contributed by atoms with van der Waals surface area (Å²) in [6.45, 7) is 3.32. The van der Waals surface area contributed by atoms with Gasteiger partial charge in [0, 0.05) is 27.1 Å². The summed E-state index contributed by atoms with van der Waals surface area (Å²) in [6.07, 6.45) is 1.77. The van der Waals surface area contributed by atoms with Gasteiger partial charge in [-0.3, -0.25) is 4.79 Å². The topological polar surface area (TPSA) is 67.7 Å². The van der Waals surface area contributed by atoms with E-state index in [2.05, 4.69) is 4.98 Å². The van der Waals surface area contributed by atoms with E-state index in [1.807, 2.05) is 29.7 Å². The van der Waals surface area contributed by atoms with Crippen molar-refractivity contribution >= 4 is 23.0 Å². The lowest BCUT2D eigenvalue weighted by atomic mass is 10.2. The highest BCUT2D eigenvalue weighted by Crippen LogP contribution is 2.17. The van der Waals surface area contributed by atoms with Crippen LogP contribution in [0.15, 0.2) is 24.5 Å². The van der Waals surface area contributed by atoms with Crippen LogP contribution in [-0.4, -0.2) is 64.6 Å². The molecule has 1 saturated heterocycles. The molecule has 1 aliphatic heterocycles. The molecule has 1 unspecified atom stereocenters. The van der Waals surface area contributed by atoms with Gasteiger partial charge in [-0.15, -0.1) is 0 Å². The molecule has 1 atom stereocenters. The zero-order chi connectivity index (χ0) is 17.3. The second-order valence-electron chi connectivity index (χ2n) is 6.39. The average molecular weight is 330 g/mol. The van der Waals surface area contributed by atoms with Crippen LogP contribution < -0.4 is 0 Å². The van der Waals surface area contributed by atoms with Crippen LogP contribution in [0.4, 0.5) is 4.79 Å². The average Bonchev–Trinajstić information content (AvgIpc) is 3.14. The second-order valence-corrected chi connectivity index (χ2v) is 6.39. The van der Waals surface area contributed by atoms with Gasteiger partial charge in [-0.05, 0) is 24.6 Å². The van der Waals surface area contributed by atoms with E-state index >= 15 is 0 Å². The monoisotopic (exact) mass is 330 g/mol. The van der Waals surface area contributed by atoms with Gasteiger partial charge in [0.2, 0.25) is 5.91 Å². The fraction of sp³-hybridized carbons (Fsp3) is 0.471. The molecule has 2 heterocycles. The van der Waals surface area contributed by atoms with Gasteiger partial charge in [-0.2, -0.15) is 0 Å². The number of likely N-dealkylation sites (tertiary alicyclic amines) is 1. The summed E-state index contributed by atoms with van der Waals surface area (Å²) in [4.78, 5) is 31.6. The summed E-state index contributed by atoms with van der Waals surface area (Å²) in [6, 6.07) is 5.99. The van der Waals surface area contributed by atoms with Crippen LogP contribution in [0.25, 0.3) is 11.0 Å². The maximum atomic E-state index is 12.5. The second kappa shape index (κ2) is 6.51. The molecule has 0 saturated carbocycles. The fourth-order valence-electron chi connectivity index (χ4n) is 2.84. The van der Waals surface area contributed by atoms with Crippen LogP contribution in [0, 0.1) is 6.92 Å². The number of imidazole rings is 1. The third-order valence-electron chi connectivity index (χ3n) is 4.21. The van der Waals surface area contributed by atoms with Crippen molar-refractivity contribution in [3.63, 3.8) is 0 Å². The molecule has 1 aromatic carbocycles. The van der Waals surface area contributed by atoms with Crippen molar-refractivity contribution in [2.75, 3.05) is 27.2 Å². The van der Waals surface area contributed by atoms with Gasteiger partial charge in [0.25, 0.3) is 0 Å². The van der Waals surface area contributed by atoms with Crippen molar-refractivity contribution in [1.82, 2.24) is 19.4 Å². The molecule has 0 N–H and O–H groups in total. The summed E-state index contributed by atoms with van der Waals surface area (Å²) in [7, 11) is 3.29. The lowest BCUT2D eigenvalue weighted by molar-refractivity contribution is -0.131. The van der Waals surface area contributed by atoms with Crippen molar-refractivity contribution in [3.8, 4) is 0 Å². The summed E-state index contributed by atoms with van der Waals surface area (Å²) in [5, 5.41) is 0. The first-order chi connectivity index (χ1) is 11.4. The predicted molar refractivity (Wildman–Crippen MR) is 89.6 cm³/mol. The molecule has 1 aromatic heterocycles. The number of hydrogen-bond acceptors (Lipinski definition) is 4. The van der Waals surface area contributed by atoms with E-state index in [-0.39, 0.29) is 24.6 Å². The number of carbonyl (C=O) groups excluding carboxylic acids is 2. The van der Waals surface area contributed by atoms with Crippen LogP contribution in [0.1, 0.15) is 12.0 Å². The van der Waals surface area contributed by atoms with E-state index in [0.29, 0.717) is 19.5 Å². The number of fused-ring (bicyclic) bond motifs is 1. The maximum absolute atomic E-state index is 12.5. The Labute approximate surface area is 140 Å². The van der Waals surface area contributed by atoms with E-state index in [4.69, 9.17) is 4.74 Å². The van der Waals surface area contributed by atoms with Gasteiger partial charge in [0.1, 0.15) is 12.6 Å². The Morgan fingerprint density at radius 1 is 1.38 bits per heavy atom. The minimum atomic E-state index is -0.370. The molecule has 24 heavy (non-hydrogen) atoms. The van der Waals surface area contributed by atoms with E-state index in [1.165, 1.54) is 4.90 Å². The molecule has 2 aromatic rings. The zero-order valence-corrected chi connectivity index (χ0v) is 14.2. The molecular weight excluding hydrogens is 308 g/mol. The van der Waals surface area contributed by atoms with Crippen molar-refractivity contribution in [2.24, 2.45) is 0 Å². The van der Waals surface area contributed by atoms with Gasteiger partial charge in [-0.25, -0.2) is 9.78 Å². The van der Waals surface area contributed by atoms with Crippen LogP contribution >= 0.6 is 0 Å². The van der Waals surface area contributed by atoms with Crippen LogP contribution in [-0.2, 0) is 16.1 Å². The molecule has 0 aliphatic carbocycles. The number of rotatable bonds is 3. The zero-order valence-electron chi connectivity index (χ0n) is 14.2. The Hall–Kier alpha value is -2.57. The number of ether oxygens (including phenoxy) is 1. The van der Waals surface area contributed by atoms with Gasteiger partial charge in [-0.1, -0.05) is 6.07 Å². The van der Waals surface area contributed by atoms with E-state index in [9.17, 15) is 9.59 Å². The SMILES string of the molecule is Cc1ccc2ncn(CC(=O)N3CCC(OC(=O)N(C)C)C3)c2c1. The van der Waals surface area contributed by atoms with Crippen LogP contribution in [0.5, 0.6) is 0 Å². The molecule has 2 amide bonds. The molecular formula is C17H22N4O3. The van der Waals surface area contributed by atoms with Gasteiger partial charge < -0.3 is 19.1 Å². The number of benzene rings is 1. The Balaban J connectivity index is 1.63. The van der Waals surface area contributed by atoms with Crippen LogP contribution in [0.2, 0.25) is 0 Å². The highest BCUT2D eigenvalue weighted by atomic mass is 16.6. The number of hydrogen-bond donors (Lipinski definition) is 0. The minimum absolute atomic E-state index is 0.0132. The van der Waals surface area contributed by atoms with E-state index in [1.54, 1.807) is 25.3 Å². The molecule has 7 nitrogen and oxygen atoms in total. The largest absolute Gasteiger partial charge is 0.444 e. The smallest absolute Gasteiger partial charge is 0.409 e. The number of aromatic nitrogens is 2. The Kier molecular flexibility index (Phi) is 4.42. The summed E-state index contributed by atoms with van der Waals surface area (Å²) >= 11 is 0. The highest BCUT2D eigenvalue weighted by Gasteiger charge is 2.29. The predicted octanol–water partition coefficient (Wildman–Crippen LogP) is 1.64. The van der Waals surface area contributed by atoms with Gasteiger partial charge in [0.15, 0.2) is 0 Å². The molecule has 0 radical (unpaired) electrons. The van der Waals surface area contributed by atoms with E-state index in [0.717, 1.165) is 16.6 Å². The third-order valence-corrected chi connectivity index (χ3v) is 4.21. The van der Waals surface area contributed by atoms with Crippen molar-refractivity contribution in [2.45, 2.75) is 26.0 Å². The first kappa shape index (κ1) is 16.3. The van der Waals surface area contributed by atoms with Crippen LogP contribution in [0.3, 0.4) is 0 Å². The van der Waals surface area contributed by atoms with Gasteiger partial charge >= 0.3 is 6.09 Å². The molecule has 7 heteroatoms. The lowest BCUT2D eigenvalue weighted by Crippen LogP contribution is -2.34. The lowest BCUT2D eigenvalue weighted by Gasteiger charge is -2.18. The molecule has 3 rings (SSSR count). The minimum Gasteiger partial charge on any atom is -0.444 e. The number of nitrogens with zero attached hydrogens (tertiary/aromatic N) is 4. The molecule has 1 fully saturated rings. The number of aryl methyl sites for hydroxylation is 1. The normalized spacial score (nSPS) is 17.3. The maximum Gasteiger partial charge on any atom is 0.409 e. The first-order valence-electron chi connectivity index (χ1n) is 8.01. The fourth-order valence-corrected chi connectivity index (χ4v) is 2.84. The van der Waals surface area contributed by atoms with E-state index < -0.39 is 0 Å². The summed E-state index contributed by atoms with van der Waals surface area (Å²) in [5.41, 5.74) is 2.97. The quantitative estimate of drug-likeness (QED) is 0.858. The molecule has 0 bridgehead atoms. The highest BCUT2D eigenvalue weighted by molar-refractivity contribution is 5.81. The van der Waals surface area contributed by atoms with Gasteiger partial charge in [0.05, 0.1) is 23.9 Å². The van der Waals surface area contributed by atoms with Crippen molar-refractivity contribution in [1.29, 1.82) is 0 Å².